The van der Waals surface area contributed by atoms with Crippen LogP contribution in [0.1, 0.15) is 20.3 Å². The molecule has 0 amide bonds. The van der Waals surface area contributed by atoms with Crippen LogP contribution in [0.5, 0.6) is 0 Å². The monoisotopic (exact) mass is 171 g/mol. The van der Waals surface area contributed by atoms with Gasteiger partial charge in [-0.3, -0.25) is 0 Å². The van der Waals surface area contributed by atoms with Gasteiger partial charge in [0.2, 0.25) is 0 Å². The van der Waals surface area contributed by atoms with Crippen LogP contribution in [0.2, 0.25) is 0 Å². The van der Waals surface area contributed by atoms with Crippen molar-refractivity contribution in [3.05, 3.63) is 12.2 Å². The average Bonchev–Trinajstić information content (AvgIpc) is 2.04. The Balaban J connectivity index is 3.78. The highest BCUT2D eigenvalue weighted by molar-refractivity contribution is 4.92. The number of hydrogen-bond donors (Lipinski definition) is 0. The molecular formula is C10H21NO. The molecule has 2 heteroatoms. The van der Waals surface area contributed by atoms with Crippen molar-refractivity contribution in [1.29, 1.82) is 0 Å². The van der Waals surface area contributed by atoms with Gasteiger partial charge in [-0.15, -0.1) is 0 Å². The predicted molar refractivity (Wildman–Crippen MR) is 53.4 cm³/mol. The molecule has 0 aromatic rings. The Morgan fingerprint density at radius 1 is 1.33 bits per heavy atom. The molecule has 12 heavy (non-hydrogen) atoms. The maximum Gasteiger partial charge on any atom is 0.0657 e. The van der Waals surface area contributed by atoms with E-state index in [1.165, 1.54) is 0 Å². The fourth-order valence-corrected chi connectivity index (χ4v) is 0.909. The molecule has 0 aliphatic carbocycles. The molecule has 0 aromatic heterocycles. The van der Waals surface area contributed by atoms with Crippen LogP contribution in [-0.2, 0) is 4.74 Å². The van der Waals surface area contributed by atoms with Crippen LogP contribution in [0.3, 0.4) is 0 Å². The third-order valence-electron chi connectivity index (χ3n) is 1.75. The van der Waals surface area contributed by atoms with Crippen molar-refractivity contribution in [3.63, 3.8) is 0 Å². The van der Waals surface area contributed by atoms with Crippen molar-refractivity contribution in [3.8, 4) is 0 Å². The molecule has 0 heterocycles. The van der Waals surface area contributed by atoms with E-state index in [4.69, 9.17) is 4.74 Å². The maximum absolute atomic E-state index is 5.36. The molecule has 0 aromatic carbocycles. The van der Waals surface area contributed by atoms with Crippen LogP contribution in [0.4, 0.5) is 0 Å². The molecule has 0 N–H and O–H groups in total. The summed E-state index contributed by atoms with van der Waals surface area (Å²) < 4.78 is 5.36. The van der Waals surface area contributed by atoms with E-state index >= 15 is 0 Å². The van der Waals surface area contributed by atoms with E-state index in [2.05, 4.69) is 38.1 Å². The van der Waals surface area contributed by atoms with Crippen LogP contribution in [0, 0.1) is 0 Å². The first-order valence-corrected chi connectivity index (χ1v) is 4.63. The number of nitrogens with zero attached hydrogens (tertiary/aromatic N) is 1. The number of hydrogen-bond acceptors (Lipinski definition) is 2. The van der Waals surface area contributed by atoms with Gasteiger partial charge in [-0.2, -0.15) is 0 Å². The maximum atomic E-state index is 5.36. The van der Waals surface area contributed by atoms with E-state index < -0.39 is 0 Å². The second-order valence-electron chi connectivity index (χ2n) is 3.03. The Bertz CT molecular complexity index is 121. The molecule has 2 nitrogen and oxygen atoms in total. The molecule has 0 bridgehead atoms. The summed E-state index contributed by atoms with van der Waals surface area (Å²) in [6, 6.07) is 0.421. The zero-order chi connectivity index (χ0) is 9.40. The topological polar surface area (TPSA) is 12.5 Å². The van der Waals surface area contributed by atoms with Gasteiger partial charge in [0.1, 0.15) is 0 Å². The Morgan fingerprint density at radius 3 is 2.42 bits per heavy atom. The van der Waals surface area contributed by atoms with Gasteiger partial charge in [0.25, 0.3) is 0 Å². The zero-order valence-corrected chi connectivity index (χ0v) is 8.71. The third-order valence-corrected chi connectivity index (χ3v) is 1.75. The summed E-state index contributed by atoms with van der Waals surface area (Å²) in [5.41, 5.74) is 0. The average molecular weight is 171 g/mol. The van der Waals surface area contributed by atoms with E-state index in [0.717, 1.165) is 19.6 Å². The quantitative estimate of drug-likeness (QED) is 0.566. The minimum atomic E-state index is 0.421. The molecule has 1 atom stereocenters. The normalized spacial score (nSPS) is 14.4. The van der Waals surface area contributed by atoms with Crippen molar-refractivity contribution in [1.82, 2.24) is 4.90 Å². The van der Waals surface area contributed by atoms with Crippen molar-refractivity contribution in [2.45, 2.75) is 26.3 Å². The smallest absolute Gasteiger partial charge is 0.0657 e. The van der Waals surface area contributed by atoms with Crippen LogP contribution < -0.4 is 0 Å². The van der Waals surface area contributed by atoms with Crippen LogP contribution in [-0.4, -0.2) is 38.3 Å². The molecule has 1 unspecified atom stereocenters. The molecular weight excluding hydrogens is 150 g/mol. The molecule has 0 saturated heterocycles. The predicted octanol–water partition coefficient (Wildman–Crippen LogP) is 1.92. The van der Waals surface area contributed by atoms with Crippen molar-refractivity contribution < 1.29 is 4.74 Å². The van der Waals surface area contributed by atoms with Gasteiger partial charge in [-0.25, -0.2) is 0 Å². The lowest BCUT2D eigenvalue weighted by atomic mass is 10.2. The molecule has 72 valence electrons. The van der Waals surface area contributed by atoms with Gasteiger partial charge < -0.3 is 9.64 Å². The first-order chi connectivity index (χ1) is 5.72. The van der Waals surface area contributed by atoms with Crippen LogP contribution in [0.15, 0.2) is 12.2 Å². The first-order valence-electron chi connectivity index (χ1n) is 4.63. The van der Waals surface area contributed by atoms with E-state index in [0.29, 0.717) is 6.04 Å². The second-order valence-corrected chi connectivity index (χ2v) is 3.03. The van der Waals surface area contributed by atoms with Crippen molar-refractivity contribution in [2.75, 3.05) is 27.3 Å². The Morgan fingerprint density at radius 2 is 2.00 bits per heavy atom. The van der Waals surface area contributed by atoms with Gasteiger partial charge in [0, 0.05) is 6.61 Å². The van der Waals surface area contributed by atoms with Gasteiger partial charge in [-0.05, 0) is 27.4 Å². The largest absolute Gasteiger partial charge is 0.380 e. The number of allylic oxidation sites excluding steroid dienone is 1. The number of ether oxygens (including phenoxy) is 1. The minimum absolute atomic E-state index is 0.421. The lowest BCUT2D eigenvalue weighted by Gasteiger charge is -2.20. The van der Waals surface area contributed by atoms with E-state index in [1.807, 2.05) is 6.92 Å². The molecule has 0 aliphatic rings. The van der Waals surface area contributed by atoms with E-state index in [1.54, 1.807) is 0 Å². The van der Waals surface area contributed by atoms with Gasteiger partial charge in [0.05, 0.1) is 12.6 Å². The molecule has 0 rings (SSSR count). The minimum Gasteiger partial charge on any atom is -0.380 e. The Kier molecular flexibility index (Phi) is 7.11. The van der Waals surface area contributed by atoms with Crippen molar-refractivity contribution >= 4 is 0 Å². The number of likely N-dealkylation sites (N-methyl/N-ethyl adjacent to an activating group) is 1. The van der Waals surface area contributed by atoms with Gasteiger partial charge >= 0.3 is 0 Å². The summed E-state index contributed by atoms with van der Waals surface area (Å²) >= 11 is 0. The fraction of sp³-hybridized carbons (Fsp3) is 0.800. The summed E-state index contributed by atoms with van der Waals surface area (Å²) in [5.74, 6) is 0. The second kappa shape index (κ2) is 7.32. The molecule has 0 saturated carbocycles. The molecule has 0 spiro atoms. The lowest BCUT2D eigenvalue weighted by Crippen LogP contribution is -2.30. The fourth-order valence-electron chi connectivity index (χ4n) is 0.909. The lowest BCUT2D eigenvalue weighted by molar-refractivity contribution is 0.105. The number of rotatable bonds is 6. The summed E-state index contributed by atoms with van der Waals surface area (Å²) in [6.07, 6.45) is 5.48. The molecule has 0 aliphatic heterocycles. The highest BCUT2D eigenvalue weighted by Crippen LogP contribution is 1.97. The molecule has 0 radical (unpaired) electrons. The standard InChI is InChI=1S/C10H21NO/c1-5-7-8-10(11(3)4)9-12-6-2/h7-8,10H,5-6,9H2,1-4H3/b8-7+. The third kappa shape index (κ3) is 5.33. The highest BCUT2D eigenvalue weighted by Gasteiger charge is 2.05. The van der Waals surface area contributed by atoms with E-state index in [-0.39, 0.29) is 0 Å². The van der Waals surface area contributed by atoms with Crippen LogP contribution in [0.25, 0.3) is 0 Å². The van der Waals surface area contributed by atoms with Gasteiger partial charge in [0.15, 0.2) is 0 Å². The summed E-state index contributed by atoms with van der Waals surface area (Å²) in [5, 5.41) is 0. The first kappa shape index (κ1) is 11.7. The Labute approximate surface area is 76.2 Å². The Hall–Kier alpha value is -0.340. The summed E-state index contributed by atoms with van der Waals surface area (Å²) in [4.78, 5) is 2.17. The van der Waals surface area contributed by atoms with E-state index in [9.17, 15) is 0 Å². The molecule has 0 fully saturated rings. The van der Waals surface area contributed by atoms with Crippen LogP contribution >= 0.6 is 0 Å². The summed E-state index contributed by atoms with van der Waals surface area (Å²) in [6.45, 7) is 5.75. The summed E-state index contributed by atoms with van der Waals surface area (Å²) in [7, 11) is 4.15. The van der Waals surface area contributed by atoms with Gasteiger partial charge in [-0.1, -0.05) is 19.1 Å². The highest BCUT2D eigenvalue weighted by atomic mass is 16.5. The zero-order valence-electron chi connectivity index (χ0n) is 8.71. The van der Waals surface area contributed by atoms with Crippen molar-refractivity contribution in [2.24, 2.45) is 0 Å². The SMILES string of the molecule is CC/C=C/C(COCC)N(C)C.